The van der Waals surface area contributed by atoms with Gasteiger partial charge in [-0.15, -0.1) is 0 Å². The topological polar surface area (TPSA) is 89.5 Å². The first-order chi connectivity index (χ1) is 8.73. The maximum atomic E-state index is 11.9. The molecule has 6 nitrogen and oxygen atoms in total. The first-order valence-corrected chi connectivity index (χ1v) is 9.51. The van der Waals surface area contributed by atoms with Gasteiger partial charge in [0.25, 0.3) is 0 Å². The molecule has 0 unspecified atom stereocenters. The van der Waals surface area contributed by atoms with Gasteiger partial charge in [0.05, 0.1) is 30.0 Å². The average Bonchev–Trinajstić information content (AvgIpc) is 2.27. The predicted octanol–water partition coefficient (Wildman–Crippen LogP) is 0.0757. The van der Waals surface area contributed by atoms with Crippen molar-refractivity contribution in [1.82, 2.24) is 4.72 Å². The molecule has 1 heterocycles. The number of sulfone groups is 1. The van der Waals surface area contributed by atoms with Crippen LogP contribution in [-0.2, 0) is 24.6 Å². The molecule has 0 atom stereocenters. The highest BCUT2D eigenvalue weighted by Crippen LogP contribution is 2.18. The second-order valence-electron chi connectivity index (χ2n) is 4.80. The van der Waals surface area contributed by atoms with Gasteiger partial charge in [0.2, 0.25) is 10.0 Å². The van der Waals surface area contributed by atoms with E-state index in [9.17, 15) is 16.8 Å². The summed E-state index contributed by atoms with van der Waals surface area (Å²) in [5, 5.41) is -0.614. The van der Waals surface area contributed by atoms with E-state index in [0.29, 0.717) is 6.61 Å². The summed E-state index contributed by atoms with van der Waals surface area (Å²) in [5.41, 5.74) is 0.875. The Labute approximate surface area is 115 Å². The maximum Gasteiger partial charge on any atom is 0.214 e. The number of hydrogen-bond donors (Lipinski definition) is 1. The fourth-order valence-electron chi connectivity index (χ4n) is 1.80. The SMILES string of the molecule is C=C(C)COCCNS(=O)(=O)C1CCS(=O)(=O)CC1. The Kier molecular flexibility index (Phi) is 5.97. The van der Waals surface area contributed by atoms with Gasteiger partial charge in [0.15, 0.2) is 0 Å². The quantitative estimate of drug-likeness (QED) is 0.531. The summed E-state index contributed by atoms with van der Waals surface area (Å²) in [5.74, 6) is -0.102. The van der Waals surface area contributed by atoms with Crippen molar-refractivity contribution in [3.8, 4) is 0 Å². The van der Waals surface area contributed by atoms with Gasteiger partial charge in [0.1, 0.15) is 9.84 Å². The molecule has 0 aromatic rings. The highest BCUT2D eigenvalue weighted by Gasteiger charge is 2.32. The van der Waals surface area contributed by atoms with E-state index < -0.39 is 25.1 Å². The second kappa shape index (κ2) is 6.83. The molecule has 0 aliphatic carbocycles. The van der Waals surface area contributed by atoms with Gasteiger partial charge in [-0.3, -0.25) is 0 Å². The Balaban J connectivity index is 2.34. The van der Waals surface area contributed by atoms with Crippen molar-refractivity contribution in [3.63, 3.8) is 0 Å². The zero-order chi connectivity index (χ0) is 14.5. The van der Waals surface area contributed by atoms with Crippen LogP contribution in [0, 0.1) is 0 Å². The van der Waals surface area contributed by atoms with Crippen LogP contribution < -0.4 is 4.72 Å². The lowest BCUT2D eigenvalue weighted by atomic mass is 10.2. The molecule has 1 aliphatic rings. The average molecular weight is 311 g/mol. The molecule has 0 bridgehead atoms. The van der Waals surface area contributed by atoms with Crippen LogP contribution >= 0.6 is 0 Å². The van der Waals surface area contributed by atoms with Crippen molar-refractivity contribution < 1.29 is 21.6 Å². The van der Waals surface area contributed by atoms with Crippen molar-refractivity contribution in [3.05, 3.63) is 12.2 Å². The smallest absolute Gasteiger partial charge is 0.214 e. The minimum absolute atomic E-state index is 0.0509. The first-order valence-electron chi connectivity index (χ1n) is 6.14. The van der Waals surface area contributed by atoms with E-state index in [1.54, 1.807) is 0 Å². The molecule has 19 heavy (non-hydrogen) atoms. The van der Waals surface area contributed by atoms with E-state index in [4.69, 9.17) is 4.74 Å². The molecule has 1 rings (SSSR count). The highest BCUT2D eigenvalue weighted by atomic mass is 32.2. The van der Waals surface area contributed by atoms with Gasteiger partial charge in [-0.25, -0.2) is 21.6 Å². The fourth-order valence-corrected chi connectivity index (χ4v) is 5.05. The predicted molar refractivity (Wildman–Crippen MR) is 74.2 cm³/mol. The molecule has 0 spiro atoms. The van der Waals surface area contributed by atoms with Crippen molar-refractivity contribution >= 4 is 19.9 Å². The summed E-state index contributed by atoms with van der Waals surface area (Å²) in [4.78, 5) is 0. The van der Waals surface area contributed by atoms with Gasteiger partial charge in [-0.1, -0.05) is 12.2 Å². The van der Waals surface area contributed by atoms with E-state index in [1.807, 2.05) is 6.92 Å². The van der Waals surface area contributed by atoms with Gasteiger partial charge in [-0.2, -0.15) is 0 Å². The largest absolute Gasteiger partial charge is 0.376 e. The van der Waals surface area contributed by atoms with Crippen molar-refractivity contribution in [2.24, 2.45) is 0 Å². The van der Waals surface area contributed by atoms with Crippen LogP contribution in [0.3, 0.4) is 0 Å². The van der Waals surface area contributed by atoms with Crippen molar-refractivity contribution in [1.29, 1.82) is 0 Å². The van der Waals surface area contributed by atoms with Crippen LogP contribution in [0.5, 0.6) is 0 Å². The Morgan fingerprint density at radius 3 is 2.47 bits per heavy atom. The van der Waals surface area contributed by atoms with Gasteiger partial charge < -0.3 is 4.74 Å². The summed E-state index contributed by atoms with van der Waals surface area (Å²) in [6, 6.07) is 0. The molecule has 8 heteroatoms. The zero-order valence-electron chi connectivity index (χ0n) is 11.1. The van der Waals surface area contributed by atoms with E-state index in [0.717, 1.165) is 5.57 Å². The minimum atomic E-state index is -3.45. The molecule has 0 saturated carbocycles. The van der Waals surface area contributed by atoms with Crippen molar-refractivity contribution in [2.45, 2.75) is 25.0 Å². The fraction of sp³-hybridized carbons (Fsp3) is 0.818. The molecular formula is C11H21NO5S2. The number of ether oxygens (including phenoxy) is 1. The van der Waals surface area contributed by atoms with Crippen LogP contribution in [0.2, 0.25) is 0 Å². The summed E-state index contributed by atoms with van der Waals surface area (Å²) >= 11 is 0. The van der Waals surface area contributed by atoms with E-state index >= 15 is 0 Å². The second-order valence-corrected chi connectivity index (χ2v) is 9.15. The van der Waals surface area contributed by atoms with Crippen LogP contribution in [0.4, 0.5) is 0 Å². The molecule has 1 saturated heterocycles. The van der Waals surface area contributed by atoms with Crippen LogP contribution in [0.1, 0.15) is 19.8 Å². The van der Waals surface area contributed by atoms with Crippen LogP contribution in [0.15, 0.2) is 12.2 Å². The van der Waals surface area contributed by atoms with Crippen molar-refractivity contribution in [2.75, 3.05) is 31.3 Å². The molecule has 1 aliphatic heterocycles. The summed E-state index contributed by atoms with van der Waals surface area (Å²) < 4.78 is 54.0. The van der Waals surface area contributed by atoms with E-state index in [1.165, 1.54) is 0 Å². The molecule has 0 aromatic heterocycles. The summed E-state index contributed by atoms with van der Waals surface area (Å²) in [6.07, 6.45) is 0.342. The first kappa shape index (κ1) is 16.6. The Bertz CT molecular complexity index is 495. The molecule has 0 amide bonds. The van der Waals surface area contributed by atoms with Crippen LogP contribution in [-0.4, -0.2) is 53.3 Å². The standard InChI is InChI=1S/C11H21NO5S2/c1-10(2)9-17-6-5-12-19(15,16)11-3-7-18(13,14)8-4-11/h11-12H,1,3-9H2,2H3. The number of rotatable bonds is 7. The zero-order valence-corrected chi connectivity index (χ0v) is 12.7. The van der Waals surface area contributed by atoms with E-state index in [2.05, 4.69) is 11.3 Å². The van der Waals surface area contributed by atoms with E-state index in [-0.39, 0.29) is 37.5 Å². The number of sulfonamides is 1. The maximum absolute atomic E-state index is 11.9. The third-order valence-electron chi connectivity index (χ3n) is 2.84. The lowest BCUT2D eigenvalue weighted by Gasteiger charge is -2.22. The molecule has 1 N–H and O–H groups in total. The Morgan fingerprint density at radius 1 is 1.37 bits per heavy atom. The van der Waals surface area contributed by atoms with Gasteiger partial charge in [0, 0.05) is 6.54 Å². The minimum Gasteiger partial charge on any atom is -0.376 e. The third-order valence-corrected chi connectivity index (χ3v) is 6.51. The van der Waals surface area contributed by atoms with Gasteiger partial charge in [-0.05, 0) is 19.8 Å². The lowest BCUT2D eigenvalue weighted by molar-refractivity contribution is 0.162. The normalized spacial score (nSPS) is 20.3. The molecule has 1 fully saturated rings. The summed E-state index contributed by atoms with van der Waals surface area (Å²) in [6.45, 7) is 6.37. The number of hydrogen-bond acceptors (Lipinski definition) is 5. The van der Waals surface area contributed by atoms with Gasteiger partial charge >= 0.3 is 0 Å². The number of nitrogens with one attached hydrogen (secondary N) is 1. The monoisotopic (exact) mass is 311 g/mol. The molecule has 112 valence electrons. The molecule has 0 radical (unpaired) electrons. The Morgan fingerprint density at radius 2 is 1.95 bits per heavy atom. The third kappa shape index (κ3) is 6.03. The molecule has 0 aromatic carbocycles. The highest BCUT2D eigenvalue weighted by molar-refractivity contribution is 7.92. The Hall–Kier alpha value is -0.440. The summed E-state index contributed by atoms with van der Waals surface area (Å²) in [7, 11) is -6.49. The van der Waals surface area contributed by atoms with Crippen LogP contribution in [0.25, 0.3) is 0 Å². The lowest BCUT2D eigenvalue weighted by Crippen LogP contribution is -2.40. The molecular weight excluding hydrogens is 290 g/mol.